The van der Waals surface area contributed by atoms with Gasteiger partial charge in [-0.25, -0.2) is 35.9 Å². The van der Waals surface area contributed by atoms with E-state index in [1.165, 1.54) is 24.3 Å². The van der Waals surface area contributed by atoms with Crippen LogP contribution < -0.4 is 9.47 Å². The summed E-state index contributed by atoms with van der Waals surface area (Å²) in [6.45, 7) is 0. The lowest BCUT2D eigenvalue weighted by Crippen LogP contribution is -2.10. The van der Waals surface area contributed by atoms with E-state index in [4.69, 9.17) is 9.47 Å². The Bertz CT molecular complexity index is 1610. The molecule has 4 nitrogen and oxygen atoms in total. The predicted molar refractivity (Wildman–Crippen MR) is 124 cm³/mol. The largest absolute Gasteiger partial charge is 0.423 e. The molecule has 5 aromatic carbocycles. The van der Waals surface area contributed by atoms with Crippen molar-refractivity contribution < 1.29 is 45.4 Å². The molecule has 0 atom stereocenters. The van der Waals surface area contributed by atoms with Crippen LogP contribution in [-0.2, 0) is 0 Å². The van der Waals surface area contributed by atoms with E-state index in [2.05, 4.69) is 0 Å². The molecule has 0 aliphatic rings. The van der Waals surface area contributed by atoms with Gasteiger partial charge < -0.3 is 9.47 Å². The molecule has 0 bridgehead atoms. The first-order chi connectivity index (χ1) is 18.1. The van der Waals surface area contributed by atoms with Gasteiger partial charge in [-0.1, -0.05) is 12.1 Å². The summed E-state index contributed by atoms with van der Waals surface area (Å²) in [6, 6.07) is 14.7. The maximum Gasteiger partial charge on any atom is 0.343 e. The van der Waals surface area contributed by atoms with E-state index < -0.39 is 58.0 Å². The Kier molecular flexibility index (Phi) is 6.23. The van der Waals surface area contributed by atoms with Crippen molar-refractivity contribution in [2.24, 2.45) is 0 Å². The van der Waals surface area contributed by atoms with Crippen molar-refractivity contribution in [2.45, 2.75) is 0 Å². The highest BCUT2D eigenvalue weighted by molar-refractivity contribution is 6.00. The van der Waals surface area contributed by atoms with Crippen LogP contribution in [0.2, 0.25) is 0 Å². The van der Waals surface area contributed by atoms with Crippen LogP contribution in [-0.4, -0.2) is 11.9 Å². The quantitative estimate of drug-likeness (QED) is 0.0813. The van der Waals surface area contributed by atoms with Crippen LogP contribution in [0.5, 0.6) is 11.5 Å². The lowest BCUT2D eigenvalue weighted by atomic mass is 10.0. The van der Waals surface area contributed by atoms with Crippen LogP contribution in [0.1, 0.15) is 20.7 Å². The Morgan fingerprint density at radius 2 is 0.789 bits per heavy atom. The summed E-state index contributed by atoms with van der Waals surface area (Å²) < 4.78 is 90.4. The van der Waals surface area contributed by atoms with Gasteiger partial charge in [-0.15, -0.1) is 0 Å². The zero-order valence-electron chi connectivity index (χ0n) is 18.8. The normalized spacial score (nSPS) is 11.1. The molecule has 0 N–H and O–H groups in total. The Morgan fingerprint density at radius 3 is 1.13 bits per heavy atom. The maximum atomic E-state index is 13.4. The molecule has 0 aliphatic heterocycles. The van der Waals surface area contributed by atoms with Gasteiger partial charge >= 0.3 is 11.9 Å². The molecule has 0 spiro atoms. The third-order valence-corrected chi connectivity index (χ3v) is 5.60. The zero-order chi connectivity index (χ0) is 27.1. The second kappa shape index (κ2) is 9.55. The van der Waals surface area contributed by atoms with Gasteiger partial charge in [0.25, 0.3) is 0 Å². The summed E-state index contributed by atoms with van der Waals surface area (Å²) in [5.41, 5.74) is -1.01. The molecule has 5 aromatic rings. The number of halogens is 6. The number of carbonyl (C=O) groups is 2. The molecule has 5 rings (SSSR count). The van der Waals surface area contributed by atoms with Gasteiger partial charge in [-0.2, -0.15) is 0 Å². The lowest BCUT2D eigenvalue weighted by Gasteiger charge is -2.09. The van der Waals surface area contributed by atoms with Crippen molar-refractivity contribution in [1.29, 1.82) is 0 Å². The number of ether oxygens (including phenoxy) is 2. The van der Waals surface area contributed by atoms with Gasteiger partial charge in [0.2, 0.25) is 0 Å². The summed E-state index contributed by atoms with van der Waals surface area (Å²) in [5.74, 6) is -11.5. The molecule has 0 unspecified atom stereocenters. The van der Waals surface area contributed by atoms with Crippen LogP contribution in [0.25, 0.3) is 21.5 Å². The highest BCUT2D eigenvalue weighted by Crippen LogP contribution is 2.29. The van der Waals surface area contributed by atoms with Crippen molar-refractivity contribution in [1.82, 2.24) is 0 Å². The molecule has 0 heterocycles. The van der Waals surface area contributed by atoms with Crippen molar-refractivity contribution in [3.63, 3.8) is 0 Å². The van der Waals surface area contributed by atoms with Crippen molar-refractivity contribution in [2.75, 3.05) is 0 Å². The molecule has 0 aliphatic carbocycles. The molecule has 0 aromatic heterocycles. The number of rotatable bonds is 4. The molecule has 38 heavy (non-hydrogen) atoms. The fourth-order valence-electron chi connectivity index (χ4n) is 3.76. The van der Waals surface area contributed by atoms with Gasteiger partial charge in [0.15, 0.2) is 34.9 Å². The van der Waals surface area contributed by atoms with E-state index in [0.29, 0.717) is 45.8 Å². The summed E-state index contributed by atoms with van der Waals surface area (Å²) in [5, 5.41) is 2.62. The summed E-state index contributed by atoms with van der Waals surface area (Å²) in [7, 11) is 0. The van der Waals surface area contributed by atoms with Crippen LogP contribution in [0, 0.1) is 34.9 Å². The first-order valence-corrected chi connectivity index (χ1v) is 10.8. The Morgan fingerprint density at radius 1 is 0.447 bits per heavy atom. The summed E-state index contributed by atoms with van der Waals surface area (Å²) in [4.78, 5) is 24.6. The molecule has 10 heteroatoms. The van der Waals surface area contributed by atoms with E-state index >= 15 is 0 Å². The number of hydrogen-bond acceptors (Lipinski definition) is 4. The van der Waals surface area contributed by atoms with Gasteiger partial charge in [-0.05, 0) is 82.2 Å². The van der Waals surface area contributed by atoms with Crippen LogP contribution in [0.3, 0.4) is 0 Å². The number of esters is 2. The van der Waals surface area contributed by atoms with Crippen molar-refractivity contribution >= 4 is 33.5 Å². The number of benzene rings is 5. The Balaban J connectivity index is 1.38. The highest BCUT2D eigenvalue weighted by atomic mass is 19.2. The molecule has 0 saturated heterocycles. The standard InChI is InChI=1S/C28H12F6O4/c29-21-9-17(10-22(30)25(21)33)27(35)37-19-3-1-13-5-16-8-20(4-2-14(16)6-15(13)7-19)38-28(36)18-11-23(31)26(34)24(32)12-18/h1-12H. The van der Waals surface area contributed by atoms with E-state index in [0.717, 1.165) is 0 Å². The Hall–Kier alpha value is -4.86. The summed E-state index contributed by atoms with van der Waals surface area (Å²) in [6.07, 6.45) is 0. The smallest absolute Gasteiger partial charge is 0.343 e. The van der Waals surface area contributed by atoms with Gasteiger partial charge in [0.1, 0.15) is 11.5 Å². The average molecular weight is 526 g/mol. The Labute approximate surface area is 209 Å². The minimum absolute atomic E-state index is 0.0660. The van der Waals surface area contributed by atoms with E-state index in [-0.39, 0.29) is 11.5 Å². The number of fused-ring (bicyclic) bond motifs is 2. The van der Waals surface area contributed by atoms with Crippen LogP contribution >= 0.6 is 0 Å². The molecule has 0 saturated carbocycles. The topological polar surface area (TPSA) is 52.6 Å². The first kappa shape index (κ1) is 24.8. The zero-order valence-corrected chi connectivity index (χ0v) is 18.8. The summed E-state index contributed by atoms with van der Waals surface area (Å²) >= 11 is 0. The molecule has 190 valence electrons. The second-order valence-electron chi connectivity index (χ2n) is 8.16. The number of hydrogen-bond donors (Lipinski definition) is 0. The van der Waals surface area contributed by atoms with Crippen molar-refractivity contribution in [3.8, 4) is 11.5 Å². The van der Waals surface area contributed by atoms with Gasteiger partial charge in [0, 0.05) is 0 Å². The molecular weight excluding hydrogens is 514 g/mol. The van der Waals surface area contributed by atoms with Gasteiger partial charge in [-0.3, -0.25) is 0 Å². The fraction of sp³-hybridized carbons (Fsp3) is 0. The van der Waals surface area contributed by atoms with E-state index in [9.17, 15) is 35.9 Å². The lowest BCUT2D eigenvalue weighted by molar-refractivity contribution is 0.0724. The fourth-order valence-corrected chi connectivity index (χ4v) is 3.76. The van der Waals surface area contributed by atoms with Gasteiger partial charge in [0.05, 0.1) is 11.1 Å². The third kappa shape index (κ3) is 4.75. The maximum absolute atomic E-state index is 13.4. The minimum atomic E-state index is -1.70. The van der Waals surface area contributed by atoms with Crippen molar-refractivity contribution in [3.05, 3.63) is 119 Å². The highest BCUT2D eigenvalue weighted by Gasteiger charge is 2.18. The molecule has 0 fully saturated rings. The average Bonchev–Trinajstić information content (AvgIpc) is 2.88. The SMILES string of the molecule is O=C(Oc1ccc2cc3cc(OC(=O)c4cc(F)c(F)c(F)c4)ccc3cc2c1)c1cc(F)c(F)c(F)c1. The third-order valence-electron chi connectivity index (χ3n) is 5.60. The van der Waals surface area contributed by atoms with E-state index in [1.807, 2.05) is 0 Å². The minimum Gasteiger partial charge on any atom is -0.423 e. The van der Waals surface area contributed by atoms with Crippen LogP contribution in [0.4, 0.5) is 26.3 Å². The predicted octanol–water partition coefficient (Wildman–Crippen LogP) is 7.27. The molecule has 0 amide bonds. The first-order valence-electron chi connectivity index (χ1n) is 10.8. The molecular formula is C28H12F6O4. The second-order valence-corrected chi connectivity index (χ2v) is 8.16. The van der Waals surface area contributed by atoms with E-state index in [1.54, 1.807) is 24.3 Å². The monoisotopic (exact) mass is 526 g/mol. The van der Waals surface area contributed by atoms with Crippen LogP contribution in [0.15, 0.2) is 72.8 Å². The number of carbonyl (C=O) groups excluding carboxylic acids is 2. The molecule has 0 radical (unpaired) electrons.